The number of ether oxygens (including phenoxy) is 2. The Hall–Kier alpha value is -3.14. The first-order valence-electron chi connectivity index (χ1n) is 11.3. The lowest BCUT2D eigenvalue weighted by Crippen LogP contribution is -2.38. The summed E-state index contributed by atoms with van der Waals surface area (Å²) in [6, 6.07) is 7.05. The van der Waals surface area contributed by atoms with Crippen LogP contribution in [0, 0.1) is 0 Å². The van der Waals surface area contributed by atoms with E-state index in [2.05, 4.69) is 14.7 Å². The second-order valence-electron chi connectivity index (χ2n) is 8.88. The highest BCUT2D eigenvalue weighted by Gasteiger charge is 2.34. The highest BCUT2D eigenvalue weighted by atomic mass is 19.4. The van der Waals surface area contributed by atoms with Crippen LogP contribution in [0.15, 0.2) is 36.5 Å². The molecule has 2 aromatic heterocycles. The fourth-order valence-corrected chi connectivity index (χ4v) is 4.83. The summed E-state index contributed by atoms with van der Waals surface area (Å²) in [5.41, 5.74) is 3.15. The molecular weight excluding hydrogens is 449 g/mol. The number of aromatic amines is 1. The van der Waals surface area contributed by atoms with Crippen LogP contribution in [0.1, 0.15) is 59.3 Å². The number of imidazole rings is 1. The normalized spacial score (nSPS) is 21.5. The number of alkyl halides is 3. The van der Waals surface area contributed by atoms with Crippen molar-refractivity contribution in [2.45, 2.75) is 50.0 Å². The first-order valence-corrected chi connectivity index (χ1v) is 11.3. The highest BCUT2D eigenvalue weighted by molar-refractivity contribution is 5.94. The van der Waals surface area contributed by atoms with Crippen LogP contribution < -0.4 is 4.74 Å². The van der Waals surface area contributed by atoms with Gasteiger partial charge in [0.15, 0.2) is 5.65 Å². The van der Waals surface area contributed by atoms with Crippen molar-refractivity contribution in [1.29, 1.82) is 0 Å². The molecule has 0 spiro atoms. The van der Waals surface area contributed by atoms with Crippen LogP contribution in [0.25, 0.3) is 11.2 Å². The molecule has 0 bridgehead atoms. The molecule has 3 aromatic rings. The molecule has 3 heterocycles. The first kappa shape index (κ1) is 22.6. The van der Waals surface area contributed by atoms with Crippen LogP contribution in [0.4, 0.5) is 13.2 Å². The Kier molecular flexibility index (Phi) is 5.93. The number of H-pyrrole nitrogens is 1. The van der Waals surface area contributed by atoms with Crippen molar-refractivity contribution >= 4 is 17.1 Å². The summed E-state index contributed by atoms with van der Waals surface area (Å²) >= 11 is 0. The minimum Gasteiger partial charge on any atom is -0.406 e. The summed E-state index contributed by atoms with van der Waals surface area (Å²) in [7, 11) is 1.73. The lowest BCUT2D eigenvalue weighted by Gasteiger charge is -2.32. The number of aromatic nitrogens is 3. The average Bonchev–Trinajstić information content (AvgIpc) is 3.21. The zero-order chi connectivity index (χ0) is 23.9. The number of carbonyl (C=O) groups is 1. The van der Waals surface area contributed by atoms with E-state index in [1.165, 1.54) is 12.1 Å². The van der Waals surface area contributed by atoms with Crippen molar-refractivity contribution in [1.82, 2.24) is 19.9 Å². The number of nitrogens with one attached hydrogen (secondary N) is 1. The Morgan fingerprint density at radius 2 is 1.79 bits per heavy atom. The SMILES string of the molecule is CO[C@H]1C[C@@H](c2nc3c(C4CCN(C(=O)c5ccc(OC(F)(F)F)cc5)CC4)ccnc3[nH]2)C1. The van der Waals surface area contributed by atoms with Crippen molar-refractivity contribution < 1.29 is 27.4 Å². The van der Waals surface area contributed by atoms with Gasteiger partial charge in [0.2, 0.25) is 0 Å². The molecule has 1 saturated carbocycles. The highest BCUT2D eigenvalue weighted by Crippen LogP contribution is 2.39. The van der Waals surface area contributed by atoms with Gasteiger partial charge in [-0.2, -0.15) is 0 Å². The second-order valence-corrected chi connectivity index (χ2v) is 8.88. The van der Waals surface area contributed by atoms with E-state index in [1.54, 1.807) is 18.2 Å². The molecule has 1 amide bonds. The predicted octanol–water partition coefficient (Wildman–Crippen LogP) is 4.77. The molecule has 0 radical (unpaired) electrons. The number of nitrogens with zero attached hydrogens (tertiary/aromatic N) is 3. The van der Waals surface area contributed by atoms with E-state index in [-0.39, 0.29) is 17.6 Å². The minimum atomic E-state index is -4.76. The number of carbonyl (C=O) groups excluding carboxylic acids is 1. The van der Waals surface area contributed by atoms with E-state index in [0.29, 0.717) is 30.7 Å². The monoisotopic (exact) mass is 474 g/mol. The van der Waals surface area contributed by atoms with Crippen LogP contribution in [-0.4, -0.2) is 58.4 Å². The third kappa shape index (κ3) is 4.59. The zero-order valence-electron chi connectivity index (χ0n) is 18.6. The number of methoxy groups -OCH3 is 1. The summed E-state index contributed by atoms with van der Waals surface area (Å²) < 4.78 is 46.3. The van der Waals surface area contributed by atoms with Gasteiger partial charge in [0, 0.05) is 37.9 Å². The molecule has 1 aliphatic heterocycles. The van der Waals surface area contributed by atoms with Crippen LogP contribution in [0.3, 0.4) is 0 Å². The molecule has 34 heavy (non-hydrogen) atoms. The van der Waals surface area contributed by atoms with Crippen molar-refractivity contribution in [3.05, 3.63) is 53.5 Å². The third-order valence-corrected chi connectivity index (χ3v) is 6.81. The smallest absolute Gasteiger partial charge is 0.406 e. The lowest BCUT2D eigenvalue weighted by atomic mass is 9.82. The molecular formula is C24H25F3N4O3. The topological polar surface area (TPSA) is 80.3 Å². The fraction of sp³-hybridized carbons (Fsp3) is 0.458. The van der Waals surface area contributed by atoms with Gasteiger partial charge in [-0.1, -0.05) is 0 Å². The van der Waals surface area contributed by atoms with Crippen LogP contribution in [-0.2, 0) is 4.74 Å². The summed E-state index contributed by atoms with van der Waals surface area (Å²) in [4.78, 5) is 27.3. The Morgan fingerprint density at radius 3 is 2.44 bits per heavy atom. The molecule has 10 heteroatoms. The van der Waals surface area contributed by atoms with Crippen molar-refractivity contribution in [3.8, 4) is 5.75 Å². The molecule has 2 aliphatic rings. The maximum absolute atomic E-state index is 12.8. The van der Waals surface area contributed by atoms with E-state index in [4.69, 9.17) is 9.72 Å². The predicted molar refractivity (Wildman–Crippen MR) is 118 cm³/mol. The molecule has 0 atom stereocenters. The number of amides is 1. The number of rotatable bonds is 5. The summed E-state index contributed by atoms with van der Waals surface area (Å²) in [6.45, 7) is 1.12. The van der Waals surface area contributed by atoms with Gasteiger partial charge in [-0.05, 0) is 67.5 Å². The summed E-state index contributed by atoms with van der Waals surface area (Å²) in [5.74, 6) is 1.02. The molecule has 1 aliphatic carbocycles. The molecule has 5 rings (SSSR count). The Bertz CT molecular complexity index is 1160. The van der Waals surface area contributed by atoms with Gasteiger partial charge in [-0.3, -0.25) is 4.79 Å². The van der Waals surface area contributed by atoms with E-state index in [9.17, 15) is 18.0 Å². The number of hydrogen-bond donors (Lipinski definition) is 1. The molecule has 1 saturated heterocycles. The van der Waals surface area contributed by atoms with E-state index >= 15 is 0 Å². The van der Waals surface area contributed by atoms with Crippen LogP contribution >= 0.6 is 0 Å². The molecule has 1 N–H and O–H groups in total. The number of fused-ring (bicyclic) bond motifs is 1. The van der Waals surface area contributed by atoms with Crippen molar-refractivity contribution in [2.24, 2.45) is 0 Å². The third-order valence-electron chi connectivity index (χ3n) is 6.81. The average molecular weight is 474 g/mol. The number of likely N-dealkylation sites (tertiary alicyclic amines) is 1. The van der Waals surface area contributed by atoms with Gasteiger partial charge >= 0.3 is 6.36 Å². The quantitative estimate of drug-likeness (QED) is 0.576. The lowest BCUT2D eigenvalue weighted by molar-refractivity contribution is -0.274. The Balaban J connectivity index is 1.24. The van der Waals surface area contributed by atoms with Crippen molar-refractivity contribution in [2.75, 3.05) is 20.2 Å². The van der Waals surface area contributed by atoms with Gasteiger partial charge in [0.1, 0.15) is 17.1 Å². The van der Waals surface area contributed by atoms with Gasteiger partial charge in [-0.25, -0.2) is 9.97 Å². The van der Waals surface area contributed by atoms with Gasteiger partial charge in [0.25, 0.3) is 5.91 Å². The molecule has 0 unspecified atom stereocenters. The number of piperidine rings is 1. The standard InChI is InChI=1S/C24H25F3N4O3/c1-33-18-12-16(13-18)21-29-20-19(6-9-28-22(20)30-21)14-7-10-31(11-8-14)23(32)15-2-4-17(5-3-15)34-24(25,26)27/h2-6,9,14,16,18H,7-8,10-13H2,1H3,(H,28,29,30)/t16-,18+. The van der Waals surface area contributed by atoms with Gasteiger partial charge in [-0.15, -0.1) is 13.2 Å². The zero-order valence-corrected chi connectivity index (χ0v) is 18.6. The second kappa shape index (κ2) is 8.90. The summed E-state index contributed by atoms with van der Waals surface area (Å²) in [6.07, 6.45) is 0.784. The van der Waals surface area contributed by atoms with Crippen molar-refractivity contribution in [3.63, 3.8) is 0 Å². The Morgan fingerprint density at radius 1 is 1.09 bits per heavy atom. The fourth-order valence-electron chi connectivity index (χ4n) is 4.83. The molecule has 7 nitrogen and oxygen atoms in total. The molecule has 2 fully saturated rings. The number of benzene rings is 1. The maximum atomic E-state index is 12.8. The van der Waals surface area contributed by atoms with E-state index in [1.807, 2.05) is 6.07 Å². The number of pyridine rings is 1. The van der Waals surface area contributed by atoms with Gasteiger partial charge < -0.3 is 19.4 Å². The minimum absolute atomic E-state index is 0.198. The summed E-state index contributed by atoms with van der Waals surface area (Å²) in [5, 5.41) is 0. The first-order chi connectivity index (χ1) is 16.3. The van der Waals surface area contributed by atoms with E-state index < -0.39 is 6.36 Å². The Labute approximate surface area is 194 Å². The largest absolute Gasteiger partial charge is 0.573 e. The van der Waals surface area contributed by atoms with E-state index in [0.717, 1.165) is 60.4 Å². The molecule has 180 valence electrons. The van der Waals surface area contributed by atoms with Crippen LogP contribution in [0.5, 0.6) is 5.75 Å². The number of halogens is 3. The van der Waals surface area contributed by atoms with Crippen LogP contribution in [0.2, 0.25) is 0 Å². The van der Waals surface area contributed by atoms with Gasteiger partial charge in [0.05, 0.1) is 6.10 Å². The number of hydrogen-bond acceptors (Lipinski definition) is 5. The molecule has 1 aromatic carbocycles. The maximum Gasteiger partial charge on any atom is 0.573 e.